The van der Waals surface area contributed by atoms with Gasteiger partial charge in [-0.25, -0.2) is 4.79 Å². The quantitative estimate of drug-likeness (QED) is 0.837. The first-order valence-electron chi connectivity index (χ1n) is 8.03. The molecule has 1 aliphatic heterocycles. The Hall–Kier alpha value is -1.30. The number of hydrogen-bond acceptors (Lipinski definition) is 4. The average molecular weight is 313 g/mol. The number of nitrogens with one attached hydrogen (secondary N) is 1. The van der Waals surface area contributed by atoms with E-state index in [0.717, 1.165) is 19.3 Å². The summed E-state index contributed by atoms with van der Waals surface area (Å²) >= 11 is 0. The molecular formula is C16H27NO5. The number of hydrogen-bond donors (Lipinski definition) is 2. The van der Waals surface area contributed by atoms with Crippen LogP contribution in [0.2, 0.25) is 0 Å². The van der Waals surface area contributed by atoms with Gasteiger partial charge < -0.3 is 19.9 Å². The monoisotopic (exact) mass is 313 g/mol. The Kier molecular flexibility index (Phi) is 4.70. The number of carbonyl (C=O) groups excluding carboxylic acids is 1. The number of alkyl carbamates (subject to hydrolysis) is 1. The van der Waals surface area contributed by atoms with Crippen molar-refractivity contribution < 1.29 is 24.2 Å². The van der Waals surface area contributed by atoms with E-state index in [1.165, 1.54) is 0 Å². The van der Waals surface area contributed by atoms with Crippen molar-refractivity contribution in [2.24, 2.45) is 5.41 Å². The van der Waals surface area contributed by atoms with Gasteiger partial charge in [-0.05, 0) is 40.0 Å². The molecule has 0 spiro atoms. The molecule has 2 aliphatic rings. The Morgan fingerprint density at radius 1 is 1.14 bits per heavy atom. The maximum atomic E-state index is 12.2. The largest absolute Gasteiger partial charge is 0.481 e. The molecule has 6 heteroatoms. The lowest BCUT2D eigenvalue weighted by molar-refractivity contribution is -0.158. The maximum Gasteiger partial charge on any atom is 0.408 e. The Morgan fingerprint density at radius 3 is 2.23 bits per heavy atom. The van der Waals surface area contributed by atoms with E-state index in [1.54, 1.807) is 20.8 Å². The van der Waals surface area contributed by atoms with E-state index in [9.17, 15) is 14.7 Å². The molecule has 126 valence electrons. The van der Waals surface area contributed by atoms with Crippen LogP contribution in [0.15, 0.2) is 0 Å². The van der Waals surface area contributed by atoms with Gasteiger partial charge in [0.1, 0.15) is 5.60 Å². The second-order valence-electron chi connectivity index (χ2n) is 7.46. The van der Waals surface area contributed by atoms with E-state index in [1.807, 2.05) is 0 Å². The SMILES string of the molecule is CC(C)(C)OC(=O)NC1(C2(C(=O)O)CCCCC2)CCOC1. The van der Waals surface area contributed by atoms with Gasteiger partial charge in [-0.15, -0.1) is 0 Å². The highest BCUT2D eigenvalue weighted by Crippen LogP contribution is 2.48. The number of aliphatic carboxylic acids is 1. The smallest absolute Gasteiger partial charge is 0.408 e. The van der Waals surface area contributed by atoms with Crippen molar-refractivity contribution >= 4 is 12.1 Å². The number of carboxylic acids is 1. The van der Waals surface area contributed by atoms with Crippen LogP contribution in [0.5, 0.6) is 0 Å². The van der Waals surface area contributed by atoms with Gasteiger partial charge in [-0.2, -0.15) is 0 Å². The molecule has 6 nitrogen and oxygen atoms in total. The molecule has 1 saturated heterocycles. The number of amides is 1. The Bertz CT molecular complexity index is 428. The fourth-order valence-electron chi connectivity index (χ4n) is 3.71. The number of rotatable bonds is 3. The second kappa shape index (κ2) is 6.07. The van der Waals surface area contributed by atoms with Gasteiger partial charge in [0.2, 0.25) is 0 Å². The molecule has 0 aromatic heterocycles. The van der Waals surface area contributed by atoms with Crippen LogP contribution in [-0.4, -0.2) is 41.5 Å². The van der Waals surface area contributed by atoms with E-state index in [2.05, 4.69) is 5.32 Å². The van der Waals surface area contributed by atoms with Crippen LogP contribution < -0.4 is 5.32 Å². The Balaban J connectivity index is 2.26. The molecular weight excluding hydrogens is 286 g/mol. The fourth-order valence-corrected chi connectivity index (χ4v) is 3.71. The minimum atomic E-state index is -0.960. The van der Waals surface area contributed by atoms with Crippen LogP contribution in [0.3, 0.4) is 0 Å². The zero-order valence-corrected chi connectivity index (χ0v) is 13.7. The topological polar surface area (TPSA) is 84.9 Å². The summed E-state index contributed by atoms with van der Waals surface area (Å²) in [6, 6.07) is 0. The number of carbonyl (C=O) groups is 2. The van der Waals surface area contributed by atoms with Crippen LogP contribution in [0.25, 0.3) is 0 Å². The first kappa shape index (κ1) is 17.1. The normalized spacial score (nSPS) is 28.1. The molecule has 2 N–H and O–H groups in total. The van der Waals surface area contributed by atoms with Gasteiger partial charge in [-0.3, -0.25) is 4.79 Å². The summed E-state index contributed by atoms with van der Waals surface area (Å²) in [6.07, 6.45) is 3.86. The van der Waals surface area contributed by atoms with Crippen LogP contribution in [-0.2, 0) is 14.3 Å². The van der Waals surface area contributed by atoms with Crippen LogP contribution in [0, 0.1) is 5.41 Å². The first-order chi connectivity index (χ1) is 10.2. The molecule has 0 aromatic carbocycles. The summed E-state index contributed by atoms with van der Waals surface area (Å²) < 4.78 is 10.8. The maximum absolute atomic E-state index is 12.2. The molecule has 2 rings (SSSR count). The lowest BCUT2D eigenvalue weighted by atomic mass is 9.61. The molecule has 2 fully saturated rings. The zero-order valence-electron chi connectivity index (χ0n) is 13.7. The van der Waals surface area contributed by atoms with Crippen LogP contribution in [0.4, 0.5) is 4.79 Å². The van der Waals surface area contributed by atoms with E-state index < -0.39 is 28.6 Å². The molecule has 0 aromatic rings. The zero-order chi connectivity index (χ0) is 16.4. The molecule has 0 radical (unpaired) electrons. The van der Waals surface area contributed by atoms with E-state index >= 15 is 0 Å². The second-order valence-corrected chi connectivity index (χ2v) is 7.46. The van der Waals surface area contributed by atoms with Crippen molar-refractivity contribution in [3.63, 3.8) is 0 Å². The standard InChI is InChI=1S/C16H27NO5/c1-14(2,3)22-13(20)17-16(9-10-21-11-16)15(12(18)19)7-5-4-6-8-15/h4-11H2,1-3H3,(H,17,20)(H,18,19). The summed E-state index contributed by atoms with van der Waals surface area (Å²) in [5.74, 6) is -0.839. The van der Waals surface area contributed by atoms with Gasteiger partial charge in [0.05, 0.1) is 17.6 Å². The summed E-state index contributed by atoms with van der Waals surface area (Å²) in [5.41, 5.74) is -2.45. The number of carboxylic acid groups (broad SMARTS) is 1. The van der Waals surface area contributed by atoms with E-state index in [4.69, 9.17) is 9.47 Å². The predicted molar refractivity (Wildman–Crippen MR) is 80.7 cm³/mol. The molecule has 1 atom stereocenters. The van der Waals surface area contributed by atoms with Crippen LogP contribution >= 0.6 is 0 Å². The summed E-state index contributed by atoms with van der Waals surface area (Å²) in [6.45, 7) is 6.07. The third kappa shape index (κ3) is 3.21. The minimum absolute atomic E-state index is 0.235. The minimum Gasteiger partial charge on any atom is -0.481 e. The molecule has 1 amide bonds. The van der Waals surface area contributed by atoms with Gasteiger partial charge >= 0.3 is 12.1 Å². The molecule has 1 aliphatic carbocycles. The van der Waals surface area contributed by atoms with Crippen LogP contribution in [0.1, 0.15) is 59.3 Å². The van der Waals surface area contributed by atoms with Crippen molar-refractivity contribution in [3.8, 4) is 0 Å². The molecule has 0 bridgehead atoms. The molecule has 1 unspecified atom stereocenters. The predicted octanol–water partition coefficient (Wildman–Crippen LogP) is 2.71. The summed E-state index contributed by atoms with van der Waals surface area (Å²) in [7, 11) is 0. The third-order valence-corrected chi connectivity index (χ3v) is 4.79. The third-order valence-electron chi connectivity index (χ3n) is 4.79. The van der Waals surface area contributed by atoms with Crippen molar-refractivity contribution in [2.75, 3.05) is 13.2 Å². The van der Waals surface area contributed by atoms with Gasteiger partial charge in [-0.1, -0.05) is 19.3 Å². The Morgan fingerprint density at radius 2 is 1.77 bits per heavy atom. The van der Waals surface area contributed by atoms with Gasteiger partial charge in [0.15, 0.2) is 0 Å². The lowest BCUT2D eigenvalue weighted by Gasteiger charge is -2.47. The van der Waals surface area contributed by atoms with E-state index in [-0.39, 0.29) is 6.61 Å². The molecule has 22 heavy (non-hydrogen) atoms. The van der Waals surface area contributed by atoms with Crippen molar-refractivity contribution in [2.45, 2.75) is 70.4 Å². The molecule has 1 heterocycles. The first-order valence-corrected chi connectivity index (χ1v) is 8.03. The Labute approximate surface area is 131 Å². The highest BCUT2D eigenvalue weighted by molar-refractivity contribution is 5.79. The van der Waals surface area contributed by atoms with Gasteiger partial charge in [0, 0.05) is 6.61 Å². The fraction of sp³-hybridized carbons (Fsp3) is 0.875. The summed E-state index contributed by atoms with van der Waals surface area (Å²) in [5, 5.41) is 12.8. The highest BCUT2D eigenvalue weighted by Gasteiger charge is 2.59. The number of ether oxygens (including phenoxy) is 2. The lowest BCUT2D eigenvalue weighted by Crippen LogP contribution is -2.64. The molecule has 1 saturated carbocycles. The van der Waals surface area contributed by atoms with Crippen molar-refractivity contribution in [3.05, 3.63) is 0 Å². The summed E-state index contributed by atoms with van der Waals surface area (Å²) in [4.78, 5) is 24.3. The average Bonchev–Trinajstić information content (AvgIpc) is 2.87. The highest BCUT2D eigenvalue weighted by atomic mass is 16.6. The van der Waals surface area contributed by atoms with Crippen molar-refractivity contribution in [1.29, 1.82) is 0 Å². The van der Waals surface area contributed by atoms with Crippen molar-refractivity contribution in [1.82, 2.24) is 5.32 Å². The van der Waals surface area contributed by atoms with E-state index in [0.29, 0.717) is 25.9 Å². The van der Waals surface area contributed by atoms with Gasteiger partial charge in [0.25, 0.3) is 0 Å².